The number of thiophene rings is 1. The average molecular weight is 345 g/mol. The van der Waals surface area contributed by atoms with Gasteiger partial charge in [0.2, 0.25) is 0 Å². The standard InChI is InChI=1S/C20H15N3OS/c1-14-22-19-18(11-12-25-19)20(24)23(14)21-13-15-7-9-17(10-8-15)16-5-3-2-4-6-16/h2-13H,1H3. The van der Waals surface area contributed by atoms with Gasteiger partial charge in [-0.05, 0) is 35.1 Å². The van der Waals surface area contributed by atoms with E-state index >= 15 is 0 Å². The summed E-state index contributed by atoms with van der Waals surface area (Å²) in [7, 11) is 0. The molecule has 4 nitrogen and oxygen atoms in total. The van der Waals surface area contributed by atoms with Crippen LogP contribution in [0.3, 0.4) is 0 Å². The highest BCUT2D eigenvalue weighted by Gasteiger charge is 2.07. The highest BCUT2D eigenvalue weighted by molar-refractivity contribution is 7.16. The van der Waals surface area contributed by atoms with Crippen LogP contribution in [0.1, 0.15) is 11.4 Å². The van der Waals surface area contributed by atoms with Crippen molar-refractivity contribution in [2.24, 2.45) is 5.10 Å². The largest absolute Gasteiger partial charge is 0.282 e. The molecule has 25 heavy (non-hydrogen) atoms. The smallest absolute Gasteiger partial charge is 0.267 e. The van der Waals surface area contributed by atoms with Crippen molar-refractivity contribution in [3.8, 4) is 11.1 Å². The topological polar surface area (TPSA) is 47.2 Å². The molecule has 0 atom stereocenters. The number of hydrogen-bond acceptors (Lipinski definition) is 4. The van der Waals surface area contributed by atoms with Crippen molar-refractivity contribution >= 4 is 27.8 Å². The molecule has 5 heteroatoms. The van der Waals surface area contributed by atoms with Gasteiger partial charge in [0, 0.05) is 0 Å². The fraction of sp³-hybridized carbons (Fsp3) is 0.0500. The maximum Gasteiger partial charge on any atom is 0.282 e. The van der Waals surface area contributed by atoms with Crippen molar-refractivity contribution in [2.45, 2.75) is 6.92 Å². The van der Waals surface area contributed by atoms with Crippen molar-refractivity contribution in [1.29, 1.82) is 0 Å². The highest BCUT2D eigenvalue weighted by atomic mass is 32.1. The third kappa shape index (κ3) is 3.02. The van der Waals surface area contributed by atoms with Gasteiger partial charge in [0.25, 0.3) is 5.56 Å². The van der Waals surface area contributed by atoms with Crippen LogP contribution < -0.4 is 5.56 Å². The Morgan fingerprint density at radius 1 is 1.00 bits per heavy atom. The molecule has 4 rings (SSSR count). The molecular weight excluding hydrogens is 330 g/mol. The van der Waals surface area contributed by atoms with Crippen LogP contribution in [0, 0.1) is 6.92 Å². The Kier molecular flexibility index (Phi) is 3.99. The minimum Gasteiger partial charge on any atom is -0.267 e. The first-order valence-corrected chi connectivity index (χ1v) is 8.77. The summed E-state index contributed by atoms with van der Waals surface area (Å²) in [5.74, 6) is 0.581. The van der Waals surface area contributed by atoms with E-state index in [1.54, 1.807) is 19.2 Å². The van der Waals surface area contributed by atoms with E-state index in [0.717, 1.165) is 16.0 Å². The summed E-state index contributed by atoms with van der Waals surface area (Å²) in [5.41, 5.74) is 3.11. The van der Waals surface area contributed by atoms with Gasteiger partial charge in [-0.25, -0.2) is 4.98 Å². The summed E-state index contributed by atoms with van der Waals surface area (Å²) in [6.07, 6.45) is 1.68. The van der Waals surface area contributed by atoms with E-state index in [2.05, 4.69) is 22.2 Å². The lowest BCUT2D eigenvalue weighted by Gasteiger charge is -2.04. The predicted octanol–water partition coefficient (Wildman–Crippen LogP) is 4.32. The molecular formula is C20H15N3OS. The number of fused-ring (bicyclic) bond motifs is 1. The van der Waals surface area contributed by atoms with E-state index in [-0.39, 0.29) is 5.56 Å². The van der Waals surface area contributed by atoms with E-state index in [1.165, 1.54) is 21.6 Å². The number of benzene rings is 2. The van der Waals surface area contributed by atoms with Gasteiger partial charge in [-0.2, -0.15) is 9.78 Å². The van der Waals surface area contributed by atoms with Gasteiger partial charge in [0.1, 0.15) is 10.7 Å². The summed E-state index contributed by atoms with van der Waals surface area (Å²) in [6, 6.07) is 20.1. The molecule has 122 valence electrons. The van der Waals surface area contributed by atoms with Crippen LogP contribution in [-0.4, -0.2) is 15.9 Å². The van der Waals surface area contributed by atoms with E-state index < -0.39 is 0 Å². The Balaban J connectivity index is 1.65. The summed E-state index contributed by atoms with van der Waals surface area (Å²) in [5, 5.41) is 6.80. The summed E-state index contributed by atoms with van der Waals surface area (Å²) in [4.78, 5) is 17.7. The third-order valence-corrected chi connectivity index (χ3v) is 4.78. The molecule has 0 saturated carbocycles. The number of aryl methyl sites for hydroxylation is 1. The van der Waals surface area contributed by atoms with E-state index in [9.17, 15) is 4.79 Å². The lowest BCUT2D eigenvalue weighted by molar-refractivity contribution is 0.772. The molecule has 2 aromatic carbocycles. The molecule has 0 fully saturated rings. The molecule has 0 unspecified atom stereocenters. The molecule has 0 aliphatic rings. The Morgan fingerprint density at radius 2 is 1.72 bits per heavy atom. The van der Waals surface area contributed by atoms with E-state index in [0.29, 0.717) is 11.2 Å². The lowest BCUT2D eigenvalue weighted by Crippen LogP contribution is -2.19. The Labute approximate surface area is 148 Å². The maximum atomic E-state index is 12.5. The Morgan fingerprint density at radius 3 is 2.48 bits per heavy atom. The van der Waals surface area contributed by atoms with Crippen LogP contribution in [0.4, 0.5) is 0 Å². The molecule has 0 aliphatic carbocycles. The van der Waals surface area contributed by atoms with E-state index in [4.69, 9.17) is 0 Å². The van der Waals surface area contributed by atoms with Crippen LogP contribution in [0.2, 0.25) is 0 Å². The molecule has 2 heterocycles. The van der Waals surface area contributed by atoms with Gasteiger partial charge in [0.15, 0.2) is 0 Å². The molecule has 2 aromatic heterocycles. The first-order chi connectivity index (χ1) is 12.2. The monoisotopic (exact) mass is 345 g/mol. The number of hydrogen-bond donors (Lipinski definition) is 0. The minimum atomic E-state index is -0.138. The van der Waals surface area contributed by atoms with Crippen molar-refractivity contribution in [2.75, 3.05) is 0 Å². The normalized spacial score (nSPS) is 11.4. The molecule has 0 N–H and O–H groups in total. The predicted molar refractivity (Wildman–Crippen MR) is 103 cm³/mol. The average Bonchev–Trinajstić information content (AvgIpc) is 3.11. The zero-order valence-corrected chi connectivity index (χ0v) is 14.4. The van der Waals surface area contributed by atoms with Gasteiger partial charge in [-0.1, -0.05) is 54.6 Å². The van der Waals surface area contributed by atoms with Gasteiger partial charge >= 0.3 is 0 Å². The quantitative estimate of drug-likeness (QED) is 0.519. The molecule has 0 aliphatic heterocycles. The first-order valence-electron chi connectivity index (χ1n) is 7.89. The van der Waals surface area contributed by atoms with Crippen molar-refractivity contribution in [3.63, 3.8) is 0 Å². The summed E-state index contributed by atoms with van der Waals surface area (Å²) >= 11 is 1.46. The van der Waals surface area contributed by atoms with Crippen LogP contribution in [0.25, 0.3) is 21.3 Å². The summed E-state index contributed by atoms with van der Waals surface area (Å²) in [6.45, 7) is 1.79. The first kappa shape index (κ1) is 15.5. The van der Waals surface area contributed by atoms with Crippen LogP contribution >= 0.6 is 11.3 Å². The van der Waals surface area contributed by atoms with Gasteiger partial charge < -0.3 is 0 Å². The molecule has 0 saturated heterocycles. The Bertz CT molecular complexity index is 1110. The maximum absolute atomic E-state index is 12.5. The zero-order chi connectivity index (χ0) is 17.2. The van der Waals surface area contributed by atoms with Crippen molar-refractivity contribution < 1.29 is 0 Å². The lowest BCUT2D eigenvalue weighted by atomic mass is 10.0. The number of nitrogens with zero attached hydrogens (tertiary/aromatic N) is 3. The fourth-order valence-corrected chi connectivity index (χ4v) is 3.46. The van der Waals surface area contributed by atoms with Crippen molar-refractivity contribution in [3.05, 3.63) is 87.8 Å². The third-order valence-electron chi connectivity index (χ3n) is 3.98. The minimum absolute atomic E-state index is 0.138. The van der Waals surface area contributed by atoms with Crippen molar-refractivity contribution in [1.82, 2.24) is 9.66 Å². The molecule has 0 amide bonds. The zero-order valence-electron chi connectivity index (χ0n) is 13.6. The second-order valence-corrected chi connectivity index (χ2v) is 6.54. The number of rotatable bonds is 3. The highest BCUT2D eigenvalue weighted by Crippen LogP contribution is 2.19. The van der Waals surface area contributed by atoms with Gasteiger partial charge in [-0.15, -0.1) is 11.3 Å². The molecule has 0 radical (unpaired) electrons. The second kappa shape index (κ2) is 6.45. The van der Waals surface area contributed by atoms with Gasteiger partial charge in [-0.3, -0.25) is 4.79 Å². The van der Waals surface area contributed by atoms with Crippen LogP contribution in [0.15, 0.2) is 75.9 Å². The van der Waals surface area contributed by atoms with Gasteiger partial charge in [0.05, 0.1) is 11.6 Å². The molecule has 0 bridgehead atoms. The second-order valence-electron chi connectivity index (χ2n) is 5.65. The Hall–Kier alpha value is -3.05. The summed E-state index contributed by atoms with van der Waals surface area (Å²) < 4.78 is 1.35. The molecule has 4 aromatic rings. The van der Waals surface area contributed by atoms with Crippen LogP contribution in [0.5, 0.6) is 0 Å². The fourth-order valence-electron chi connectivity index (χ4n) is 2.66. The van der Waals surface area contributed by atoms with Crippen LogP contribution in [-0.2, 0) is 0 Å². The van der Waals surface area contributed by atoms with E-state index in [1.807, 2.05) is 47.8 Å². The SMILES string of the molecule is Cc1nc2sccc2c(=O)n1N=Cc1ccc(-c2ccccc2)cc1. The number of aromatic nitrogens is 2. The molecule has 0 spiro atoms.